The molecule has 1 aliphatic heterocycles. The van der Waals surface area contributed by atoms with E-state index >= 15 is 0 Å². The van der Waals surface area contributed by atoms with Crippen molar-refractivity contribution >= 4 is 11.9 Å². The fourth-order valence-electron chi connectivity index (χ4n) is 2.16. The number of rotatable bonds is 7. The van der Waals surface area contributed by atoms with Crippen molar-refractivity contribution in [1.29, 1.82) is 0 Å². The first-order valence-electron chi connectivity index (χ1n) is 6.45. The van der Waals surface area contributed by atoms with Gasteiger partial charge in [-0.15, -0.1) is 0 Å². The summed E-state index contributed by atoms with van der Waals surface area (Å²) < 4.78 is 4.50. The van der Waals surface area contributed by atoms with E-state index < -0.39 is 0 Å². The molecule has 0 aromatic rings. The number of ether oxygens (including phenoxy) is 1. The second kappa shape index (κ2) is 7.56. The van der Waals surface area contributed by atoms with Crippen LogP contribution in [0.15, 0.2) is 37.0 Å². The molecule has 1 unspecified atom stereocenters. The van der Waals surface area contributed by atoms with Gasteiger partial charge in [0, 0.05) is 19.0 Å². The fraction of sp³-hybridized carbons (Fsp3) is 0.467. The zero-order valence-electron chi connectivity index (χ0n) is 11.4. The SMILES string of the molecule is C=CC(=C)C1CCC(=O)N1CCC/C=C/C(=O)OC. The molecule has 1 rings (SSSR count). The third-order valence-corrected chi connectivity index (χ3v) is 3.24. The number of nitrogens with zero attached hydrogens (tertiary/aromatic N) is 1. The fourth-order valence-corrected chi connectivity index (χ4v) is 2.16. The molecule has 4 heteroatoms. The van der Waals surface area contributed by atoms with Crippen LogP contribution in [-0.2, 0) is 14.3 Å². The van der Waals surface area contributed by atoms with Gasteiger partial charge in [-0.3, -0.25) is 4.79 Å². The van der Waals surface area contributed by atoms with E-state index in [1.807, 2.05) is 4.90 Å². The van der Waals surface area contributed by atoms with Crippen molar-refractivity contribution in [3.05, 3.63) is 37.0 Å². The summed E-state index contributed by atoms with van der Waals surface area (Å²) in [5.74, 6) is -0.180. The van der Waals surface area contributed by atoms with Crippen molar-refractivity contribution in [2.45, 2.75) is 31.7 Å². The predicted octanol–water partition coefficient (Wildman–Crippen LogP) is 2.23. The summed E-state index contributed by atoms with van der Waals surface area (Å²) >= 11 is 0. The van der Waals surface area contributed by atoms with Gasteiger partial charge in [0.25, 0.3) is 0 Å². The molecule has 1 atom stereocenters. The Morgan fingerprint density at radius 2 is 2.32 bits per heavy atom. The van der Waals surface area contributed by atoms with Gasteiger partial charge in [-0.25, -0.2) is 4.79 Å². The van der Waals surface area contributed by atoms with Crippen LogP contribution in [0.3, 0.4) is 0 Å². The molecular formula is C15H21NO3. The van der Waals surface area contributed by atoms with Crippen LogP contribution in [0, 0.1) is 0 Å². The zero-order chi connectivity index (χ0) is 14.3. The van der Waals surface area contributed by atoms with Crippen molar-refractivity contribution in [2.75, 3.05) is 13.7 Å². The van der Waals surface area contributed by atoms with Gasteiger partial charge in [0.1, 0.15) is 0 Å². The Morgan fingerprint density at radius 1 is 1.58 bits per heavy atom. The smallest absolute Gasteiger partial charge is 0.330 e. The minimum Gasteiger partial charge on any atom is -0.466 e. The molecule has 1 heterocycles. The minimum absolute atomic E-state index is 0.0922. The molecule has 4 nitrogen and oxygen atoms in total. The Morgan fingerprint density at radius 3 is 2.95 bits per heavy atom. The van der Waals surface area contributed by atoms with Crippen molar-refractivity contribution in [3.63, 3.8) is 0 Å². The first-order valence-corrected chi connectivity index (χ1v) is 6.45. The van der Waals surface area contributed by atoms with E-state index in [-0.39, 0.29) is 17.9 Å². The Hall–Kier alpha value is -1.84. The summed E-state index contributed by atoms with van der Waals surface area (Å²) in [5, 5.41) is 0. The van der Waals surface area contributed by atoms with Crippen LogP contribution < -0.4 is 0 Å². The Labute approximate surface area is 114 Å². The van der Waals surface area contributed by atoms with Crippen LogP contribution in [-0.4, -0.2) is 36.5 Å². The molecule has 0 bridgehead atoms. The lowest BCUT2D eigenvalue weighted by atomic mass is 10.1. The maximum atomic E-state index is 11.8. The molecule has 19 heavy (non-hydrogen) atoms. The molecule has 0 aliphatic carbocycles. The number of carbonyl (C=O) groups is 2. The Kier molecular flexibility index (Phi) is 6.06. The van der Waals surface area contributed by atoms with E-state index in [2.05, 4.69) is 17.9 Å². The third kappa shape index (κ3) is 4.39. The monoisotopic (exact) mass is 263 g/mol. The molecular weight excluding hydrogens is 242 g/mol. The summed E-state index contributed by atoms with van der Waals surface area (Å²) in [6.45, 7) is 8.32. The number of unbranched alkanes of at least 4 members (excludes halogenated alkanes) is 1. The highest BCUT2D eigenvalue weighted by Crippen LogP contribution is 2.24. The normalized spacial score (nSPS) is 18.9. The lowest BCUT2D eigenvalue weighted by Gasteiger charge is -2.25. The van der Waals surface area contributed by atoms with E-state index in [1.165, 1.54) is 13.2 Å². The predicted molar refractivity (Wildman–Crippen MR) is 74.5 cm³/mol. The van der Waals surface area contributed by atoms with E-state index in [9.17, 15) is 9.59 Å². The van der Waals surface area contributed by atoms with Crippen LogP contribution in [0.5, 0.6) is 0 Å². The van der Waals surface area contributed by atoms with Gasteiger partial charge in [0.2, 0.25) is 5.91 Å². The van der Waals surface area contributed by atoms with Gasteiger partial charge in [-0.2, -0.15) is 0 Å². The number of allylic oxidation sites excluding steroid dienone is 1. The van der Waals surface area contributed by atoms with Crippen LogP contribution in [0.4, 0.5) is 0 Å². The average molecular weight is 263 g/mol. The lowest BCUT2D eigenvalue weighted by Crippen LogP contribution is -2.34. The molecule has 1 fully saturated rings. The number of esters is 1. The second-order valence-electron chi connectivity index (χ2n) is 4.49. The molecule has 0 N–H and O–H groups in total. The molecule has 0 saturated carbocycles. The highest BCUT2D eigenvalue weighted by Gasteiger charge is 2.30. The number of hydrogen-bond acceptors (Lipinski definition) is 3. The number of hydrogen-bond donors (Lipinski definition) is 0. The number of carbonyl (C=O) groups excluding carboxylic acids is 2. The first-order chi connectivity index (χ1) is 9.10. The Balaban J connectivity index is 2.40. The van der Waals surface area contributed by atoms with Crippen LogP contribution in [0.2, 0.25) is 0 Å². The van der Waals surface area contributed by atoms with Crippen LogP contribution >= 0.6 is 0 Å². The van der Waals surface area contributed by atoms with Crippen molar-refractivity contribution in [3.8, 4) is 0 Å². The lowest BCUT2D eigenvalue weighted by molar-refractivity contribution is -0.135. The molecule has 1 amide bonds. The summed E-state index contributed by atoms with van der Waals surface area (Å²) in [6, 6.07) is 0.0922. The Bertz CT molecular complexity index is 398. The van der Waals surface area contributed by atoms with Gasteiger partial charge in [-0.1, -0.05) is 25.3 Å². The van der Waals surface area contributed by atoms with Gasteiger partial charge < -0.3 is 9.64 Å². The highest BCUT2D eigenvalue weighted by atomic mass is 16.5. The third-order valence-electron chi connectivity index (χ3n) is 3.24. The second-order valence-corrected chi connectivity index (χ2v) is 4.49. The molecule has 104 valence electrons. The molecule has 0 radical (unpaired) electrons. The van der Waals surface area contributed by atoms with Crippen molar-refractivity contribution in [2.24, 2.45) is 0 Å². The van der Waals surface area contributed by atoms with E-state index in [1.54, 1.807) is 12.2 Å². The number of amides is 1. The van der Waals surface area contributed by atoms with E-state index in [0.29, 0.717) is 13.0 Å². The molecule has 0 spiro atoms. The number of methoxy groups -OCH3 is 1. The highest BCUT2D eigenvalue weighted by molar-refractivity contribution is 5.81. The van der Waals surface area contributed by atoms with Gasteiger partial charge >= 0.3 is 5.97 Å². The first kappa shape index (κ1) is 15.2. The summed E-state index contributed by atoms with van der Waals surface area (Å²) in [7, 11) is 1.35. The molecule has 0 aromatic heterocycles. The summed E-state index contributed by atoms with van der Waals surface area (Å²) in [6.07, 6.45) is 7.85. The van der Waals surface area contributed by atoms with E-state index in [0.717, 1.165) is 24.8 Å². The summed E-state index contributed by atoms with van der Waals surface area (Å²) in [5.41, 5.74) is 0.899. The standard InChI is InChI=1S/C15H21NO3/c1-4-12(2)13-9-10-14(17)16(13)11-7-5-6-8-15(18)19-3/h4,6,8,13H,1-2,5,7,9-11H2,3H3/b8-6+. The van der Waals surface area contributed by atoms with Gasteiger partial charge in [-0.05, 0) is 24.8 Å². The van der Waals surface area contributed by atoms with Crippen LogP contribution in [0.1, 0.15) is 25.7 Å². The van der Waals surface area contributed by atoms with E-state index in [4.69, 9.17) is 0 Å². The van der Waals surface area contributed by atoms with Crippen molar-refractivity contribution in [1.82, 2.24) is 4.90 Å². The average Bonchev–Trinajstić information content (AvgIpc) is 2.78. The molecule has 1 saturated heterocycles. The zero-order valence-corrected chi connectivity index (χ0v) is 11.4. The quantitative estimate of drug-likeness (QED) is 0.306. The number of likely N-dealkylation sites (tertiary alicyclic amines) is 1. The van der Waals surface area contributed by atoms with Gasteiger partial charge in [0.15, 0.2) is 0 Å². The van der Waals surface area contributed by atoms with Gasteiger partial charge in [0.05, 0.1) is 13.2 Å². The maximum absolute atomic E-state index is 11.8. The topological polar surface area (TPSA) is 46.6 Å². The molecule has 1 aliphatic rings. The van der Waals surface area contributed by atoms with Crippen LogP contribution in [0.25, 0.3) is 0 Å². The minimum atomic E-state index is -0.352. The summed E-state index contributed by atoms with van der Waals surface area (Å²) in [4.78, 5) is 24.5. The maximum Gasteiger partial charge on any atom is 0.330 e. The van der Waals surface area contributed by atoms with Crippen molar-refractivity contribution < 1.29 is 14.3 Å². The largest absolute Gasteiger partial charge is 0.466 e. The molecule has 0 aromatic carbocycles.